The number of hydrogen-bond acceptors (Lipinski definition) is 7. The molecule has 0 spiro atoms. The Morgan fingerprint density at radius 1 is 1.17 bits per heavy atom. The first kappa shape index (κ1) is 22.9. The van der Waals surface area contributed by atoms with Gasteiger partial charge in [-0.1, -0.05) is 18.2 Å². The Bertz CT molecular complexity index is 905. The van der Waals surface area contributed by atoms with E-state index < -0.39 is 10.0 Å². The molecule has 0 N–H and O–H groups in total. The first-order valence-electron chi connectivity index (χ1n) is 9.89. The molecule has 0 radical (unpaired) electrons. The third-order valence-corrected chi connectivity index (χ3v) is 8.64. The average molecular weight is 453 g/mol. The lowest BCUT2D eigenvalue weighted by molar-refractivity contribution is 0.0600. The molecule has 1 saturated heterocycles. The average Bonchev–Trinajstić information content (AvgIpc) is 3.31. The van der Waals surface area contributed by atoms with Gasteiger partial charge >= 0.3 is 5.97 Å². The molecule has 2 heterocycles. The van der Waals surface area contributed by atoms with Crippen LogP contribution < -0.4 is 0 Å². The van der Waals surface area contributed by atoms with Gasteiger partial charge in [0.25, 0.3) is 10.0 Å². The number of likely N-dealkylation sites (tertiary alicyclic amines) is 1. The minimum absolute atomic E-state index is 0.0369. The maximum absolute atomic E-state index is 13.1. The molecular weight excluding hydrogens is 424 g/mol. The summed E-state index contributed by atoms with van der Waals surface area (Å²) in [5.41, 5.74) is 1.65. The number of ether oxygens (including phenoxy) is 2. The standard InChI is InChI=1S/C21H28N2O5S2/c1-27-14-13-23(30(25,26)20-4-3-15-29-20)19-9-11-22(12-10-19)16-17-5-7-18(8-6-17)21(24)28-2/h3-8,15,19H,9-14,16H2,1-2H3. The predicted octanol–water partition coefficient (Wildman–Crippen LogP) is 2.84. The first-order valence-corrected chi connectivity index (χ1v) is 12.2. The molecule has 1 aromatic carbocycles. The molecular formula is C21H28N2O5S2. The van der Waals surface area contributed by atoms with E-state index in [-0.39, 0.29) is 12.0 Å². The summed E-state index contributed by atoms with van der Waals surface area (Å²) in [5.74, 6) is -0.342. The molecule has 30 heavy (non-hydrogen) atoms. The molecule has 0 saturated carbocycles. The van der Waals surface area contributed by atoms with Gasteiger partial charge in [-0.05, 0) is 42.0 Å². The van der Waals surface area contributed by atoms with E-state index in [2.05, 4.69) is 4.90 Å². The van der Waals surface area contributed by atoms with Crippen LogP contribution in [0.5, 0.6) is 0 Å². The number of esters is 1. The molecule has 1 aromatic heterocycles. The van der Waals surface area contributed by atoms with Crippen molar-refractivity contribution < 1.29 is 22.7 Å². The monoisotopic (exact) mass is 452 g/mol. The Labute approximate surface area is 182 Å². The van der Waals surface area contributed by atoms with Crippen molar-refractivity contribution in [3.8, 4) is 0 Å². The number of methoxy groups -OCH3 is 2. The molecule has 0 amide bonds. The number of hydrogen-bond donors (Lipinski definition) is 0. The van der Waals surface area contributed by atoms with Crippen molar-refractivity contribution in [1.29, 1.82) is 0 Å². The lowest BCUT2D eigenvalue weighted by Gasteiger charge is -2.37. The SMILES string of the molecule is COCCN(C1CCN(Cc2ccc(C(=O)OC)cc2)CC1)S(=O)(=O)c1cccs1. The van der Waals surface area contributed by atoms with E-state index in [1.54, 1.807) is 41.1 Å². The number of piperidine rings is 1. The Morgan fingerprint density at radius 2 is 1.87 bits per heavy atom. The number of nitrogens with zero attached hydrogens (tertiary/aromatic N) is 2. The van der Waals surface area contributed by atoms with E-state index in [9.17, 15) is 13.2 Å². The zero-order chi connectivity index (χ0) is 21.6. The molecule has 1 fully saturated rings. The van der Waals surface area contributed by atoms with Gasteiger partial charge in [-0.25, -0.2) is 13.2 Å². The minimum Gasteiger partial charge on any atom is -0.465 e. The van der Waals surface area contributed by atoms with Crippen molar-refractivity contribution >= 4 is 27.3 Å². The van der Waals surface area contributed by atoms with Crippen LogP contribution in [0.25, 0.3) is 0 Å². The Hall–Kier alpha value is -1.78. The molecule has 0 unspecified atom stereocenters. The molecule has 7 nitrogen and oxygen atoms in total. The molecule has 0 bridgehead atoms. The second-order valence-corrected chi connectivity index (χ2v) is 10.3. The highest BCUT2D eigenvalue weighted by Crippen LogP contribution is 2.27. The number of benzene rings is 1. The van der Waals surface area contributed by atoms with Crippen molar-refractivity contribution in [2.75, 3.05) is 40.5 Å². The van der Waals surface area contributed by atoms with Crippen LogP contribution in [0.1, 0.15) is 28.8 Å². The van der Waals surface area contributed by atoms with Gasteiger partial charge in [-0.3, -0.25) is 4.90 Å². The van der Waals surface area contributed by atoms with Gasteiger partial charge in [-0.15, -0.1) is 11.3 Å². The lowest BCUT2D eigenvalue weighted by Crippen LogP contribution is -2.48. The summed E-state index contributed by atoms with van der Waals surface area (Å²) in [5, 5.41) is 1.79. The summed E-state index contributed by atoms with van der Waals surface area (Å²) >= 11 is 1.25. The Morgan fingerprint density at radius 3 is 2.43 bits per heavy atom. The van der Waals surface area contributed by atoms with E-state index in [1.807, 2.05) is 12.1 Å². The minimum atomic E-state index is -3.51. The summed E-state index contributed by atoms with van der Waals surface area (Å²) in [4.78, 5) is 13.9. The Kier molecular flexibility index (Phi) is 8.01. The van der Waals surface area contributed by atoms with Crippen LogP contribution in [0.2, 0.25) is 0 Å². The lowest BCUT2D eigenvalue weighted by atomic mass is 10.0. The van der Waals surface area contributed by atoms with Crippen molar-refractivity contribution in [3.05, 3.63) is 52.9 Å². The Balaban J connectivity index is 1.61. The number of sulfonamides is 1. The molecule has 2 aromatic rings. The highest BCUT2D eigenvalue weighted by atomic mass is 32.2. The molecule has 0 aliphatic carbocycles. The summed E-state index contributed by atoms with van der Waals surface area (Å²) in [7, 11) is -0.555. The molecule has 3 rings (SSSR count). The van der Waals surface area contributed by atoms with Crippen LogP contribution in [0.15, 0.2) is 46.0 Å². The second kappa shape index (κ2) is 10.5. The van der Waals surface area contributed by atoms with E-state index in [0.29, 0.717) is 22.9 Å². The smallest absolute Gasteiger partial charge is 0.337 e. The fourth-order valence-corrected chi connectivity index (χ4v) is 6.48. The van der Waals surface area contributed by atoms with E-state index in [4.69, 9.17) is 9.47 Å². The van der Waals surface area contributed by atoms with Crippen LogP contribution in [-0.4, -0.2) is 70.1 Å². The zero-order valence-electron chi connectivity index (χ0n) is 17.3. The van der Waals surface area contributed by atoms with Crippen molar-refractivity contribution in [1.82, 2.24) is 9.21 Å². The topological polar surface area (TPSA) is 76.2 Å². The quantitative estimate of drug-likeness (QED) is 0.545. The molecule has 164 valence electrons. The van der Waals surface area contributed by atoms with Crippen molar-refractivity contribution in [3.63, 3.8) is 0 Å². The van der Waals surface area contributed by atoms with Crippen LogP contribution in [0.3, 0.4) is 0 Å². The van der Waals surface area contributed by atoms with Crippen LogP contribution >= 0.6 is 11.3 Å². The molecule has 1 aliphatic rings. The third-order valence-electron chi connectivity index (χ3n) is 5.32. The molecule has 9 heteroatoms. The van der Waals surface area contributed by atoms with Gasteiger partial charge < -0.3 is 9.47 Å². The third kappa shape index (κ3) is 5.47. The molecule has 1 aliphatic heterocycles. The molecule has 0 atom stereocenters. The first-order chi connectivity index (χ1) is 14.5. The van der Waals surface area contributed by atoms with Gasteiger partial charge in [0.1, 0.15) is 4.21 Å². The van der Waals surface area contributed by atoms with E-state index in [1.165, 1.54) is 18.4 Å². The van der Waals surface area contributed by atoms with Gasteiger partial charge in [0, 0.05) is 39.3 Å². The number of carbonyl (C=O) groups excluding carboxylic acids is 1. The summed E-state index contributed by atoms with van der Waals surface area (Å²) in [6.45, 7) is 3.12. The predicted molar refractivity (Wildman–Crippen MR) is 116 cm³/mol. The van der Waals surface area contributed by atoms with Crippen LogP contribution in [0.4, 0.5) is 0 Å². The number of carbonyl (C=O) groups is 1. The van der Waals surface area contributed by atoms with Crippen LogP contribution in [0, 0.1) is 0 Å². The highest BCUT2D eigenvalue weighted by molar-refractivity contribution is 7.91. The number of thiophene rings is 1. The van der Waals surface area contributed by atoms with Gasteiger partial charge in [0.05, 0.1) is 19.3 Å². The summed E-state index contributed by atoms with van der Waals surface area (Å²) in [6.07, 6.45) is 1.54. The zero-order valence-corrected chi connectivity index (χ0v) is 19.0. The van der Waals surface area contributed by atoms with Gasteiger partial charge in [0.2, 0.25) is 0 Å². The summed E-state index contributed by atoms with van der Waals surface area (Å²) < 4.78 is 38.1. The maximum Gasteiger partial charge on any atom is 0.337 e. The largest absolute Gasteiger partial charge is 0.465 e. The normalized spacial score (nSPS) is 16.1. The van der Waals surface area contributed by atoms with Crippen LogP contribution in [-0.2, 0) is 26.0 Å². The highest BCUT2D eigenvalue weighted by Gasteiger charge is 2.34. The fraction of sp³-hybridized carbons (Fsp3) is 0.476. The summed E-state index contributed by atoms with van der Waals surface area (Å²) in [6, 6.07) is 10.8. The van der Waals surface area contributed by atoms with Gasteiger partial charge in [0.15, 0.2) is 0 Å². The second-order valence-electron chi connectivity index (χ2n) is 7.24. The van der Waals surface area contributed by atoms with Crippen molar-refractivity contribution in [2.45, 2.75) is 29.6 Å². The fourth-order valence-electron chi connectivity index (χ4n) is 3.69. The van der Waals surface area contributed by atoms with E-state index in [0.717, 1.165) is 38.0 Å². The number of rotatable bonds is 9. The van der Waals surface area contributed by atoms with Crippen molar-refractivity contribution in [2.24, 2.45) is 0 Å². The maximum atomic E-state index is 13.1. The van der Waals surface area contributed by atoms with E-state index >= 15 is 0 Å². The van der Waals surface area contributed by atoms with Gasteiger partial charge in [-0.2, -0.15) is 4.31 Å².